The maximum absolute atomic E-state index is 10.9. The molecule has 0 aromatic heterocycles. The largest absolute Gasteiger partial charge is 0.481 e. The molecule has 0 spiro atoms. The number of ether oxygens (including phenoxy) is 1. The zero-order chi connectivity index (χ0) is 10.3. The van der Waals surface area contributed by atoms with Gasteiger partial charge in [-0.2, -0.15) is 0 Å². The number of carbonyl (C=O) groups is 2. The van der Waals surface area contributed by atoms with E-state index in [-0.39, 0.29) is 6.42 Å². The summed E-state index contributed by atoms with van der Waals surface area (Å²) in [5, 5.41) is 8.38. The van der Waals surface area contributed by atoms with Crippen molar-refractivity contribution in [3.8, 4) is 0 Å². The van der Waals surface area contributed by atoms with Crippen LogP contribution in [0.1, 0.15) is 26.7 Å². The fourth-order valence-corrected chi connectivity index (χ4v) is 0.735. The smallest absolute Gasteiger partial charge is 0.330 e. The number of hydrogen-bond donors (Lipinski definition) is 1. The molecule has 0 aliphatic heterocycles. The van der Waals surface area contributed by atoms with Gasteiger partial charge in [0, 0.05) is 6.08 Å². The zero-order valence-corrected chi connectivity index (χ0v) is 7.87. The van der Waals surface area contributed by atoms with Gasteiger partial charge in [0.25, 0.3) is 0 Å². The van der Waals surface area contributed by atoms with Gasteiger partial charge in [-0.1, -0.05) is 12.5 Å². The van der Waals surface area contributed by atoms with Crippen LogP contribution in [0.15, 0.2) is 11.6 Å². The van der Waals surface area contributed by atoms with Crippen molar-refractivity contribution in [3.05, 3.63) is 11.6 Å². The minimum absolute atomic E-state index is 0.124. The summed E-state index contributed by atoms with van der Waals surface area (Å²) in [6.45, 7) is 3.85. The molecule has 0 atom stereocenters. The fourth-order valence-electron chi connectivity index (χ4n) is 0.735. The summed E-state index contributed by atoms with van der Waals surface area (Å²) in [7, 11) is 0. The van der Waals surface area contributed by atoms with E-state index in [4.69, 9.17) is 9.84 Å². The van der Waals surface area contributed by atoms with E-state index in [2.05, 4.69) is 0 Å². The third-order valence-corrected chi connectivity index (χ3v) is 1.24. The van der Waals surface area contributed by atoms with Crippen LogP contribution in [0.25, 0.3) is 0 Å². The van der Waals surface area contributed by atoms with Crippen LogP contribution < -0.4 is 0 Å². The Labute approximate surface area is 77.2 Å². The average Bonchev–Trinajstić information content (AvgIpc) is 1.98. The van der Waals surface area contributed by atoms with Crippen LogP contribution in [-0.2, 0) is 14.3 Å². The number of carbonyl (C=O) groups excluding carboxylic acids is 1. The highest BCUT2D eigenvalue weighted by molar-refractivity contribution is 5.84. The number of rotatable bonds is 5. The van der Waals surface area contributed by atoms with E-state index in [1.165, 1.54) is 6.08 Å². The molecule has 0 rings (SSSR count). The molecule has 0 aromatic rings. The lowest BCUT2D eigenvalue weighted by Gasteiger charge is -1.99. The second-order valence-electron chi connectivity index (χ2n) is 2.73. The summed E-state index contributed by atoms with van der Waals surface area (Å²) in [4.78, 5) is 21.1. The summed E-state index contributed by atoms with van der Waals surface area (Å²) in [5.41, 5.74) is 0.494. The Kier molecular flexibility index (Phi) is 5.59. The van der Waals surface area contributed by atoms with Gasteiger partial charge in [0.05, 0.1) is 13.0 Å². The first-order chi connectivity index (χ1) is 6.06. The van der Waals surface area contributed by atoms with E-state index in [9.17, 15) is 9.59 Å². The lowest BCUT2D eigenvalue weighted by Crippen LogP contribution is -2.03. The molecule has 0 aromatic carbocycles. The monoisotopic (exact) mass is 186 g/mol. The lowest BCUT2D eigenvalue weighted by atomic mass is 10.2. The summed E-state index contributed by atoms with van der Waals surface area (Å²) in [5.74, 6) is -1.42. The molecule has 0 heterocycles. The highest BCUT2D eigenvalue weighted by Gasteiger charge is 2.02. The van der Waals surface area contributed by atoms with Crippen molar-refractivity contribution in [3.63, 3.8) is 0 Å². The Morgan fingerprint density at radius 1 is 1.46 bits per heavy atom. The number of carboxylic acids is 1. The SMILES string of the molecule is CCCOC(=O)C=C(C)CC(=O)O. The van der Waals surface area contributed by atoms with Gasteiger partial charge in [-0.25, -0.2) is 4.79 Å². The quantitative estimate of drug-likeness (QED) is 0.520. The molecule has 74 valence electrons. The topological polar surface area (TPSA) is 63.6 Å². The number of carboxylic acid groups (broad SMARTS) is 1. The third-order valence-electron chi connectivity index (χ3n) is 1.24. The number of aliphatic carboxylic acids is 1. The van der Waals surface area contributed by atoms with Gasteiger partial charge in [0.15, 0.2) is 0 Å². The van der Waals surface area contributed by atoms with Crippen molar-refractivity contribution >= 4 is 11.9 Å². The molecule has 0 aliphatic rings. The molecule has 0 bridgehead atoms. The van der Waals surface area contributed by atoms with Crippen molar-refractivity contribution in [2.24, 2.45) is 0 Å². The predicted molar refractivity (Wildman–Crippen MR) is 47.3 cm³/mol. The standard InChI is InChI=1S/C9H14O4/c1-3-4-13-9(12)6-7(2)5-8(10)11/h6H,3-5H2,1-2H3,(H,10,11). The minimum atomic E-state index is -0.947. The third kappa shape index (κ3) is 7.05. The van der Waals surface area contributed by atoms with Gasteiger partial charge in [-0.15, -0.1) is 0 Å². The summed E-state index contributed by atoms with van der Waals surface area (Å²) in [6.07, 6.45) is 1.85. The van der Waals surface area contributed by atoms with Crippen molar-refractivity contribution in [1.29, 1.82) is 0 Å². The number of esters is 1. The molecule has 0 aliphatic carbocycles. The van der Waals surface area contributed by atoms with E-state index >= 15 is 0 Å². The molecule has 13 heavy (non-hydrogen) atoms. The first kappa shape index (κ1) is 11.7. The highest BCUT2D eigenvalue weighted by atomic mass is 16.5. The molecule has 0 unspecified atom stereocenters. The maximum Gasteiger partial charge on any atom is 0.330 e. The van der Waals surface area contributed by atoms with Crippen molar-refractivity contribution in [2.75, 3.05) is 6.61 Å². The van der Waals surface area contributed by atoms with Gasteiger partial charge >= 0.3 is 11.9 Å². The van der Waals surface area contributed by atoms with E-state index in [1.807, 2.05) is 6.92 Å². The molecule has 4 heteroatoms. The van der Waals surface area contributed by atoms with Crippen LogP contribution >= 0.6 is 0 Å². The first-order valence-electron chi connectivity index (χ1n) is 4.12. The normalized spacial score (nSPS) is 11.1. The van der Waals surface area contributed by atoms with E-state index < -0.39 is 11.9 Å². The van der Waals surface area contributed by atoms with Gasteiger partial charge in [-0.3, -0.25) is 4.79 Å². The predicted octanol–water partition coefficient (Wildman–Crippen LogP) is 1.36. The van der Waals surface area contributed by atoms with Crippen LogP contribution in [0.5, 0.6) is 0 Å². The highest BCUT2D eigenvalue weighted by Crippen LogP contribution is 2.00. The molecule has 0 radical (unpaired) electrons. The van der Waals surface area contributed by atoms with E-state index in [1.54, 1.807) is 6.92 Å². The van der Waals surface area contributed by atoms with Crippen LogP contribution in [0.3, 0.4) is 0 Å². The van der Waals surface area contributed by atoms with Crippen molar-refractivity contribution in [2.45, 2.75) is 26.7 Å². The molecule has 0 saturated carbocycles. The lowest BCUT2D eigenvalue weighted by molar-refractivity contribution is -0.137. The van der Waals surface area contributed by atoms with Crippen LogP contribution in [0.4, 0.5) is 0 Å². The molecule has 0 amide bonds. The molecular weight excluding hydrogens is 172 g/mol. The Bertz CT molecular complexity index is 218. The Balaban J connectivity index is 3.91. The fraction of sp³-hybridized carbons (Fsp3) is 0.556. The maximum atomic E-state index is 10.9. The van der Waals surface area contributed by atoms with Crippen LogP contribution in [0.2, 0.25) is 0 Å². The minimum Gasteiger partial charge on any atom is -0.481 e. The van der Waals surface area contributed by atoms with Crippen LogP contribution in [-0.4, -0.2) is 23.7 Å². The molecule has 4 nitrogen and oxygen atoms in total. The van der Waals surface area contributed by atoms with E-state index in [0.717, 1.165) is 6.42 Å². The van der Waals surface area contributed by atoms with Gasteiger partial charge in [-0.05, 0) is 13.3 Å². The second kappa shape index (κ2) is 6.22. The first-order valence-corrected chi connectivity index (χ1v) is 4.12. The molecule has 0 saturated heterocycles. The summed E-state index contributed by atoms with van der Waals surface area (Å²) >= 11 is 0. The van der Waals surface area contributed by atoms with Gasteiger partial charge in [0.1, 0.15) is 0 Å². The summed E-state index contributed by atoms with van der Waals surface area (Å²) in [6, 6.07) is 0. The van der Waals surface area contributed by atoms with Crippen molar-refractivity contribution < 1.29 is 19.4 Å². The molecule has 1 N–H and O–H groups in total. The van der Waals surface area contributed by atoms with Gasteiger partial charge < -0.3 is 9.84 Å². The Morgan fingerprint density at radius 2 is 2.08 bits per heavy atom. The number of hydrogen-bond acceptors (Lipinski definition) is 3. The summed E-state index contributed by atoms with van der Waals surface area (Å²) < 4.78 is 4.74. The van der Waals surface area contributed by atoms with Crippen molar-refractivity contribution in [1.82, 2.24) is 0 Å². The van der Waals surface area contributed by atoms with Gasteiger partial charge in [0.2, 0.25) is 0 Å². The van der Waals surface area contributed by atoms with Crippen LogP contribution in [0, 0.1) is 0 Å². The zero-order valence-electron chi connectivity index (χ0n) is 7.87. The molecule has 0 fully saturated rings. The second-order valence-corrected chi connectivity index (χ2v) is 2.73. The molecular formula is C9H14O4. The average molecular weight is 186 g/mol. The Hall–Kier alpha value is -1.32. The Morgan fingerprint density at radius 3 is 2.54 bits per heavy atom. The van der Waals surface area contributed by atoms with E-state index in [0.29, 0.717) is 12.2 Å².